The molecule has 0 aliphatic heterocycles. The Morgan fingerprint density at radius 2 is 2.08 bits per heavy atom. The zero-order valence-electron chi connectivity index (χ0n) is 14.3. The molecule has 2 aromatic carbocycles. The van der Waals surface area contributed by atoms with E-state index >= 15 is 0 Å². The third-order valence-electron chi connectivity index (χ3n) is 3.65. The Balaban J connectivity index is 2.08. The third kappa shape index (κ3) is 3.92. The summed E-state index contributed by atoms with van der Waals surface area (Å²) in [5.41, 5.74) is 4.19. The Bertz CT molecular complexity index is 996. The molecular formula is C20H18BrN3O. The number of hydrogen-bond acceptors (Lipinski definition) is 3. The number of H-pyrrole nitrogens is 1. The van der Waals surface area contributed by atoms with Crippen molar-refractivity contribution < 1.29 is 4.74 Å². The van der Waals surface area contributed by atoms with Gasteiger partial charge in [0.05, 0.1) is 22.7 Å². The maximum absolute atomic E-state index is 9.63. The fourth-order valence-electron chi connectivity index (χ4n) is 2.55. The van der Waals surface area contributed by atoms with Crippen molar-refractivity contribution >= 4 is 38.6 Å². The second kappa shape index (κ2) is 7.12. The first-order valence-corrected chi connectivity index (χ1v) is 8.80. The lowest BCUT2D eigenvalue weighted by Crippen LogP contribution is -2.06. The van der Waals surface area contributed by atoms with Gasteiger partial charge in [-0.1, -0.05) is 22.0 Å². The number of imidazole rings is 1. The molecule has 1 aromatic heterocycles. The summed E-state index contributed by atoms with van der Waals surface area (Å²) in [5, 5.41) is 9.63. The lowest BCUT2D eigenvalue weighted by Gasteiger charge is -2.13. The summed E-state index contributed by atoms with van der Waals surface area (Å²) in [5.74, 6) is 1.29. The number of ether oxygens (including phenoxy) is 1. The highest BCUT2D eigenvalue weighted by Gasteiger charge is 2.11. The summed E-state index contributed by atoms with van der Waals surface area (Å²) in [4.78, 5) is 7.76. The molecule has 3 rings (SSSR count). The number of fused-ring (bicyclic) bond motifs is 1. The van der Waals surface area contributed by atoms with E-state index in [1.54, 1.807) is 6.08 Å². The van der Waals surface area contributed by atoms with E-state index in [9.17, 15) is 5.26 Å². The summed E-state index contributed by atoms with van der Waals surface area (Å²) in [6.45, 7) is 5.97. The van der Waals surface area contributed by atoms with E-state index in [1.807, 2.05) is 57.2 Å². The Kier molecular flexibility index (Phi) is 4.91. The van der Waals surface area contributed by atoms with E-state index < -0.39 is 0 Å². The number of nitriles is 1. The van der Waals surface area contributed by atoms with Crippen molar-refractivity contribution in [2.75, 3.05) is 0 Å². The predicted octanol–water partition coefficient (Wildman–Crippen LogP) is 5.49. The SMILES string of the molecule is Cc1ccc2nc(/C(C#N)=C/c3cc(Br)ccc3OC(C)C)[nH]c2c1. The van der Waals surface area contributed by atoms with Crippen LogP contribution >= 0.6 is 15.9 Å². The molecule has 1 heterocycles. The minimum absolute atomic E-state index is 0.0491. The Morgan fingerprint density at radius 1 is 1.28 bits per heavy atom. The van der Waals surface area contributed by atoms with E-state index in [4.69, 9.17) is 4.74 Å². The molecule has 0 saturated heterocycles. The van der Waals surface area contributed by atoms with Gasteiger partial charge in [0.15, 0.2) is 0 Å². The predicted molar refractivity (Wildman–Crippen MR) is 104 cm³/mol. The molecule has 0 spiro atoms. The fraction of sp³-hybridized carbons (Fsp3) is 0.200. The number of hydrogen-bond donors (Lipinski definition) is 1. The molecule has 4 nitrogen and oxygen atoms in total. The number of nitrogens with zero attached hydrogens (tertiary/aromatic N) is 2. The van der Waals surface area contributed by atoms with Crippen molar-refractivity contribution in [2.24, 2.45) is 0 Å². The van der Waals surface area contributed by atoms with E-state index in [-0.39, 0.29) is 6.10 Å². The van der Waals surface area contributed by atoms with Gasteiger partial charge < -0.3 is 9.72 Å². The van der Waals surface area contributed by atoms with Crippen molar-refractivity contribution in [1.29, 1.82) is 5.26 Å². The van der Waals surface area contributed by atoms with E-state index in [1.165, 1.54) is 0 Å². The number of allylic oxidation sites excluding steroid dienone is 1. The van der Waals surface area contributed by atoms with Crippen molar-refractivity contribution in [3.05, 3.63) is 57.8 Å². The maximum Gasteiger partial charge on any atom is 0.149 e. The summed E-state index contributed by atoms with van der Waals surface area (Å²) < 4.78 is 6.77. The molecular weight excluding hydrogens is 378 g/mol. The molecule has 0 unspecified atom stereocenters. The third-order valence-corrected chi connectivity index (χ3v) is 4.14. The molecule has 0 amide bonds. The highest BCUT2D eigenvalue weighted by atomic mass is 79.9. The summed E-state index contributed by atoms with van der Waals surface area (Å²) in [7, 11) is 0. The minimum Gasteiger partial charge on any atom is -0.490 e. The number of rotatable bonds is 4. The smallest absolute Gasteiger partial charge is 0.149 e. The van der Waals surface area contributed by atoms with Gasteiger partial charge in [-0.05, 0) is 62.7 Å². The normalized spacial score (nSPS) is 11.8. The van der Waals surface area contributed by atoms with Gasteiger partial charge in [0.25, 0.3) is 0 Å². The number of nitrogens with one attached hydrogen (secondary N) is 1. The van der Waals surface area contributed by atoms with E-state index in [0.29, 0.717) is 11.4 Å². The van der Waals surface area contributed by atoms with Gasteiger partial charge in [0.1, 0.15) is 17.6 Å². The van der Waals surface area contributed by atoms with Gasteiger partial charge in [-0.15, -0.1) is 0 Å². The van der Waals surface area contributed by atoms with E-state index in [0.717, 1.165) is 32.4 Å². The first-order chi connectivity index (χ1) is 12.0. The molecule has 3 aromatic rings. The largest absolute Gasteiger partial charge is 0.490 e. The first kappa shape index (κ1) is 17.2. The monoisotopic (exact) mass is 395 g/mol. The molecule has 126 valence electrons. The highest BCUT2D eigenvalue weighted by molar-refractivity contribution is 9.10. The number of halogens is 1. The zero-order valence-corrected chi connectivity index (χ0v) is 15.9. The van der Waals surface area contributed by atoms with Crippen LogP contribution in [0.25, 0.3) is 22.7 Å². The van der Waals surface area contributed by atoms with Crippen LogP contribution in [0.1, 0.15) is 30.8 Å². The summed E-state index contributed by atoms with van der Waals surface area (Å²) in [6, 6.07) is 14.0. The van der Waals surface area contributed by atoms with Crippen molar-refractivity contribution in [3.8, 4) is 11.8 Å². The number of aromatic amines is 1. The average Bonchev–Trinajstić information content (AvgIpc) is 2.97. The topological polar surface area (TPSA) is 61.7 Å². The van der Waals surface area contributed by atoms with Crippen LogP contribution in [0, 0.1) is 18.3 Å². The fourth-order valence-corrected chi connectivity index (χ4v) is 2.93. The standard InChI is InChI=1S/C20H18BrN3O/c1-12(2)25-19-7-5-16(21)10-14(19)9-15(11-22)20-23-17-6-4-13(3)8-18(17)24-20/h4-10,12H,1-3H3,(H,23,24)/b15-9+. The molecule has 0 aliphatic carbocycles. The molecule has 0 atom stereocenters. The van der Waals surface area contributed by atoms with Crippen molar-refractivity contribution in [2.45, 2.75) is 26.9 Å². The van der Waals surface area contributed by atoms with Crippen LogP contribution in [-0.4, -0.2) is 16.1 Å². The maximum atomic E-state index is 9.63. The minimum atomic E-state index is 0.0491. The Hall–Kier alpha value is -2.58. The van der Waals surface area contributed by atoms with Gasteiger partial charge in [-0.2, -0.15) is 5.26 Å². The van der Waals surface area contributed by atoms with Crippen LogP contribution in [-0.2, 0) is 0 Å². The summed E-state index contributed by atoms with van der Waals surface area (Å²) >= 11 is 3.48. The Morgan fingerprint density at radius 3 is 2.80 bits per heavy atom. The second-order valence-electron chi connectivity index (χ2n) is 6.12. The highest BCUT2D eigenvalue weighted by Crippen LogP contribution is 2.28. The van der Waals surface area contributed by atoms with Crippen LogP contribution in [0.5, 0.6) is 5.75 Å². The molecule has 5 heteroatoms. The van der Waals surface area contributed by atoms with Gasteiger partial charge >= 0.3 is 0 Å². The van der Waals surface area contributed by atoms with Crippen LogP contribution in [0.2, 0.25) is 0 Å². The van der Waals surface area contributed by atoms with Gasteiger partial charge in [-0.25, -0.2) is 4.98 Å². The van der Waals surface area contributed by atoms with Crippen molar-refractivity contribution in [1.82, 2.24) is 9.97 Å². The van der Waals surface area contributed by atoms with Gasteiger partial charge in [-0.3, -0.25) is 0 Å². The quantitative estimate of drug-likeness (QED) is 0.594. The van der Waals surface area contributed by atoms with E-state index in [2.05, 4.69) is 32.0 Å². The van der Waals surface area contributed by atoms with Crippen LogP contribution in [0.15, 0.2) is 40.9 Å². The zero-order chi connectivity index (χ0) is 18.0. The molecule has 1 N–H and O–H groups in total. The number of benzene rings is 2. The molecule has 0 fully saturated rings. The Labute approximate surface area is 155 Å². The van der Waals surface area contributed by atoms with Crippen LogP contribution in [0.4, 0.5) is 0 Å². The number of aryl methyl sites for hydroxylation is 1. The molecule has 0 bridgehead atoms. The average molecular weight is 396 g/mol. The summed E-state index contributed by atoms with van der Waals surface area (Å²) in [6.07, 6.45) is 1.85. The lowest BCUT2D eigenvalue weighted by molar-refractivity contribution is 0.242. The molecule has 25 heavy (non-hydrogen) atoms. The molecule has 0 saturated carbocycles. The number of aromatic nitrogens is 2. The van der Waals surface area contributed by atoms with Crippen LogP contribution < -0.4 is 4.74 Å². The molecule has 0 radical (unpaired) electrons. The second-order valence-corrected chi connectivity index (χ2v) is 7.04. The first-order valence-electron chi connectivity index (χ1n) is 8.01. The van der Waals surface area contributed by atoms with Gasteiger partial charge in [0.2, 0.25) is 0 Å². The molecule has 0 aliphatic rings. The van der Waals surface area contributed by atoms with Gasteiger partial charge in [0, 0.05) is 10.0 Å². The van der Waals surface area contributed by atoms with Crippen LogP contribution in [0.3, 0.4) is 0 Å². The van der Waals surface area contributed by atoms with Crippen molar-refractivity contribution in [3.63, 3.8) is 0 Å². The lowest BCUT2D eigenvalue weighted by atomic mass is 10.1.